The predicted octanol–water partition coefficient (Wildman–Crippen LogP) is 3.54. The van der Waals surface area contributed by atoms with Crippen molar-refractivity contribution in [1.82, 2.24) is 14.6 Å². The Kier molecular flexibility index (Phi) is 6.76. The first-order chi connectivity index (χ1) is 15.0. The van der Waals surface area contributed by atoms with Crippen LogP contribution in [0.2, 0.25) is 0 Å². The van der Waals surface area contributed by atoms with Gasteiger partial charge in [0.05, 0.1) is 16.5 Å². The zero-order valence-electron chi connectivity index (χ0n) is 17.0. The molecule has 1 amide bonds. The van der Waals surface area contributed by atoms with Crippen LogP contribution < -0.4 is 5.32 Å². The number of carbonyl (C=O) groups excluding carboxylic acids is 1. The van der Waals surface area contributed by atoms with Gasteiger partial charge in [-0.05, 0) is 18.6 Å². The molecule has 2 aromatic carbocycles. The number of hydrogen-bond donors (Lipinski definition) is 1. The number of nitrogens with zero attached hydrogens (tertiary/aromatic N) is 2. The largest absolute Gasteiger partial charge is 0.354 e. The number of aryl methyl sites for hydroxylation is 1. The lowest BCUT2D eigenvalue weighted by atomic mass is 10.2. The van der Waals surface area contributed by atoms with E-state index in [0.29, 0.717) is 24.3 Å². The molecule has 1 fully saturated rings. The average molecular weight is 474 g/mol. The lowest BCUT2D eigenvalue weighted by Crippen LogP contribution is -2.47. The molecular formula is C22H23N3O3S3. The van der Waals surface area contributed by atoms with Crippen molar-refractivity contribution in [1.29, 1.82) is 0 Å². The molecule has 9 heteroatoms. The van der Waals surface area contributed by atoms with Crippen LogP contribution in [0.4, 0.5) is 0 Å². The lowest BCUT2D eigenvalue weighted by Gasteiger charge is -2.23. The first-order valence-electron chi connectivity index (χ1n) is 9.89. The van der Waals surface area contributed by atoms with Crippen molar-refractivity contribution in [3.05, 3.63) is 71.2 Å². The molecule has 1 saturated heterocycles. The Morgan fingerprint density at radius 1 is 1.16 bits per heavy atom. The molecule has 1 aliphatic rings. The van der Waals surface area contributed by atoms with Gasteiger partial charge in [0.1, 0.15) is 11.0 Å². The third-order valence-electron chi connectivity index (χ3n) is 5.08. The van der Waals surface area contributed by atoms with Gasteiger partial charge in [0.25, 0.3) is 0 Å². The molecule has 31 heavy (non-hydrogen) atoms. The van der Waals surface area contributed by atoms with Crippen molar-refractivity contribution < 1.29 is 13.2 Å². The van der Waals surface area contributed by atoms with Gasteiger partial charge in [-0.25, -0.2) is 13.4 Å². The minimum atomic E-state index is -3.73. The Hall–Kier alpha value is -2.20. The van der Waals surface area contributed by atoms with Crippen molar-refractivity contribution in [3.8, 4) is 10.6 Å². The van der Waals surface area contributed by atoms with Crippen molar-refractivity contribution in [2.24, 2.45) is 0 Å². The summed E-state index contributed by atoms with van der Waals surface area (Å²) in [6.07, 6.45) is 0.597. The molecule has 1 atom stereocenters. The summed E-state index contributed by atoms with van der Waals surface area (Å²) in [5.41, 5.74) is 2.66. The monoisotopic (exact) mass is 473 g/mol. The summed E-state index contributed by atoms with van der Waals surface area (Å²) < 4.78 is 27.6. The summed E-state index contributed by atoms with van der Waals surface area (Å²) >= 11 is 3.03. The number of nitrogens with one attached hydrogen (secondary N) is 1. The molecule has 3 aromatic rings. The summed E-state index contributed by atoms with van der Waals surface area (Å²) in [5.74, 6) is 0.466. The molecular weight excluding hydrogens is 450 g/mol. The Labute approximate surface area is 190 Å². The molecule has 1 aliphatic heterocycles. The predicted molar refractivity (Wildman–Crippen MR) is 126 cm³/mol. The van der Waals surface area contributed by atoms with Gasteiger partial charge in [-0.3, -0.25) is 4.79 Å². The molecule has 162 valence electrons. The zero-order chi connectivity index (χ0) is 21.8. The van der Waals surface area contributed by atoms with Crippen LogP contribution in [-0.2, 0) is 21.2 Å². The molecule has 0 aliphatic carbocycles. The number of sulfonamides is 1. The normalized spacial score (nSPS) is 17.0. The van der Waals surface area contributed by atoms with Gasteiger partial charge in [-0.1, -0.05) is 48.5 Å². The SMILES string of the molecule is Cc1ccccc1S(=O)(=O)N1CSC[C@@H]1C(=O)NCCc1csc(-c2ccccc2)n1. The summed E-state index contributed by atoms with van der Waals surface area (Å²) in [4.78, 5) is 17.7. The summed E-state index contributed by atoms with van der Waals surface area (Å²) in [7, 11) is -3.73. The quantitative estimate of drug-likeness (QED) is 0.568. The number of benzene rings is 2. The first kappa shape index (κ1) is 22.0. The van der Waals surface area contributed by atoms with E-state index in [1.54, 1.807) is 42.5 Å². The first-order valence-corrected chi connectivity index (χ1v) is 13.4. The molecule has 0 unspecified atom stereocenters. The van der Waals surface area contributed by atoms with Crippen LogP contribution in [0.15, 0.2) is 64.9 Å². The van der Waals surface area contributed by atoms with Gasteiger partial charge < -0.3 is 5.32 Å². The van der Waals surface area contributed by atoms with E-state index in [1.807, 2.05) is 35.7 Å². The maximum absolute atomic E-state index is 13.1. The van der Waals surface area contributed by atoms with E-state index < -0.39 is 16.1 Å². The van der Waals surface area contributed by atoms with Crippen LogP contribution in [0.3, 0.4) is 0 Å². The maximum atomic E-state index is 13.1. The number of aromatic nitrogens is 1. The summed E-state index contributed by atoms with van der Waals surface area (Å²) in [6, 6.07) is 16.1. The van der Waals surface area contributed by atoms with E-state index in [0.717, 1.165) is 16.3 Å². The topological polar surface area (TPSA) is 79.4 Å². The summed E-state index contributed by atoms with van der Waals surface area (Å²) in [6.45, 7) is 2.18. The minimum absolute atomic E-state index is 0.256. The molecule has 0 bridgehead atoms. The maximum Gasteiger partial charge on any atom is 0.244 e. The molecule has 4 rings (SSSR count). The standard InChI is InChI=1S/C22H23N3O3S3/c1-16-7-5-6-10-20(16)31(27,28)25-15-29-14-19(25)21(26)23-12-11-18-13-30-22(24-18)17-8-3-2-4-9-17/h2-10,13,19H,11-12,14-15H2,1H3,(H,23,26)/t19-/m1/s1. The van der Waals surface area contributed by atoms with E-state index in [9.17, 15) is 13.2 Å². The van der Waals surface area contributed by atoms with Crippen LogP contribution >= 0.6 is 23.1 Å². The van der Waals surface area contributed by atoms with Gasteiger partial charge in [0, 0.05) is 29.7 Å². The summed E-state index contributed by atoms with van der Waals surface area (Å²) in [5, 5.41) is 5.84. The fourth-order valence-electron chi connectivity index (χ4n) is 3.41. The Morgan fingerprint density at radius 2 is 1.90 bits per heavy atom. The number of amides is 1. The number of thioether (sulfide) groups is 1. The van der Waals surface area contributed by atoms with Crippen LogP contribution in [-0.4, -0.2) is 47.8 Å². The van der Waals surface area contributed by atoms with E-state index in [1.165, 1.54) is 16.1 Å². The van der Waals surface area contributed by atoms with Crippen molar-refractivity contribution in [2.75, 3.05) is 18.2 Å². The minimum Gasteiger partial charge on any atom is -0.354 e. The van der Waals surface area contributed by atoms with E-state index in [2.05, 4.69) is 10.3 Å². The van der Waals surface area contributed by atoms with E-state index in [-0.39, 0.29) is 16.7 Å². The molecule has 1 N–H and O–H groups in total. The molecule has 0 spiro atoms. The smallest absolute Gasteiger partial charge is 0.244 e. The number of rotatable bonds is 7. The third kappa shape index (κ3) is 4.85. The second kappa shape index (κ2) is 9.52. The van der Waals surface area contributed by atoms with E-state index in [4.69, 9.17) is 0 Å². The van der Waals surface area contributed by atoms with Gasteiger partial charge in [-0.15, -0.1) is 23.1 Å². The van der Waals surface area contributed by atoms with Gasteiger partial charge in [0.15, 0.2) is 0 Å². The van der Waals surface area contributed by atoms with Gasteiger partial charge >= 0.3 is 0 Å². The highest BCUT2D eigenvalue weighted by Gasteiger charge is 2.40. The second-order valence-corrected chi connectivity index (χ2v) is 10.9. The highest BCUT2D eigenvalue weighted by atomic mass is 32.2. The Morgan fingerprint density at radius 3 is 2.68 bits per heavy atom. The zero-order valence-corrected chi connectivity index (χ0v) is 19.5. The number of hydrogen-bond acceptors (Lipinski definition) is 6. The van der Waals surface area contributed by atoms with Crippen molar-refractivity contribution >= 4 is 39.0 Å². The van der Waals surface area contributed by atoms with Crippen LogP contribution in [0, 0.1) is 6.92 Å². The number of carbonyl (C=O) groups is 1. The highest BCUT2D eigenvalue weighted by Crippen LogP contribution is 2.30. The molecule has 0 radical (unpaired) electrons. The molecule has 0 saturated carbocycles. The fourth-order valence-corrected chi connectivity index (χ4v) is 7.65. The lowest BCUT2D eigenvalue weighted by molar-refractivity contribution is -0.123. The molecule has 2 heterocycles. The van der Waals surface area contributed by atoms with Crippen molar-refractivity contribution in [3.63, 3.8) is 0 Å². The fraction of sp³-hybridized carbons (Fsp3) is 0.273. The van der Waals surface area contributed by atoms with Gasteiger partial charge in [0.2, 0.25) is 15.9 Å². The van der Waals surface area contributed by atoms with Crippen LogP contribution in [0.1, 0.15) is 11.3 Å². The second-order valence-electron chi connectivity index (χ2n) is 7.22. The van der Waals surface area contributed by atoms with Crippen LogP contribution in [0.25, 0.3) is 10.6 Å². The van der Waals surface area contributed by atoms with E-state index >= 15 is 0 Å². The average Bonchev–Trinajstić information content (AvgIpc) is 3.45. The van der Waals surface area contributed by atoms with Crippen molar-refractivity contribution in [2.45, 2.75) is 24.3 Å². The number of thiazole rings is 1. The molecule has 1 aromatic heterocycles. The highest BCUT2D eigenvalue weighted by molar-refractivity contribution is 8.00. The Balaban J connectivity index is 1.37. The molecule has 6 nitrogen and oxygen atoms in total. The van der Waals surface area contributed by atoms with Crippen LogP contribution in [0.5, 0.6) is 0 Å². The van der Waals surface area contributed by atoms with Gasteiger partial charge in [-0.2, -0.15) is 4.31 Å². The third-order valence-corrected chi connectivity index (χ3v) is 9.21. The Bertz CT molecular complexity index is 1160.